The molecule has 0 spiro atoms. The van der Waals surface area contributed by atoms with Crippen molar-refractivity contribution in [2.24, 2.45) is 5.10 Å². The molecule has 50 heavy (non-hydrogen) atoms. The molecule has 3 heterocycles. The normalized spacial score (nSPS) is 21.7. The van der Waals surface area contributed by atoms with E-state index in [0.717, 1.165) is 27.9 Å². The number of piperazine rings is 1. The number of hydrazone groups is 1. The molecule has 4 aromatic rings. The lowest BCUT2D eigenvalue weighted by Gasteiger charge is -2.41. The van der Waals surface area contributed by atoms with Gasteiger partial charge in [-0.2, -0.15) is 5.10 Å². The Labute approximate surface area is 292 Å². The summed E-state index contributed by atoms with van der Waals surface area (Å²) in [6, 6.07) is 35.8. The van der Waals surface area contributed by atoms with Gasteiger partial charge in [0.1, 0.15) is 11.4 Å². The van der Waals surface area contributed by atoms with Crippen molar-refractivity contribution in [2.75, 3.05) is 19.6 Å². The smallest absolute Gasteiger partial charge is 0.345 e. The fourth-order valence-corrected chi connectivity index (χ4v) is 8.02. The van der Waals surface area contributed by atoms with Gasteiger partial charge in [0, 0.05) is 6.54 Å². The van der Waals surface area contributed by atoms with Gasteiger partial charge >= 0.3 is 17.8 Å². The van der Waals surface area contributed by atoms with Crippen LogP contribution in [-0.2, 0) is 35.1 Å². The van der Waals surface area contributed by atoms with Gasteiger partial charge in [-0.15, -0.1) is 0 Å². The van der Waals surface area contributed by atoms with Crippen LogP contribution in [0.25, 0.3) is 0 Å². The van der Waals surface area contributed by atoms with Crippen LogP contribution in [0.1, 0.15) is 28.4 Å². The molecule has 0 radical (unpaired) electrons. The van der Waals surface area contributed by atoms with E-state index in [1.807, 2.05) is 121 Å². The second-order valence-electron chi connectivity index (χ2n) is 12.1. The van der Waals surface area contributed by atoms with Gasteiger partial charge in [-0.1, -0.05) is 133 Å². The average molecular weight is 688 g/mol. The zero-order valence-electron chi connectivity index (χ0n) is 26.8. The molecule has 3 aliphatic rings. The molecule has 4 aromatic carbocycles. The lowest BCUT2D eigenvalue weighted by atomic mass is 10.0. The van der Waals surface area contributed by atoms with Gasteiger partial charge in [-0.3, -0.25) is 19.2 Å². The number of esters is 1. The number of amides is 4. The molecule has 0 aromatic heterocycles. The number of carbonyl (C=O) groups is 5. The maximum atomic E-state index is 14.6. The van der Waals surface area contributed by atoms with Gasteiger partial charge in [-0.05, 0) is 22.3 Å². The van der Waals surface area contributed by atoms with E-state index in [1.54, 1.807) is 0 Å². The summed E-state index contributed by atoms with van der Waals surface area (Å²) < 4.78 is 6.30. The molecule has 7 rings (SSSR count). The van der Waals surface area contributed by atoms with Crippen molar-refractivity contribution in [3.8, 4) is 0 Å². The molecule has 0 aliphatic carbocycles. The molecule has 3 fully saturated rings. The number of nitrogens with zero attached hydrogens (tertiary/aromatic N) is 4. The summed E-state index contributed by atoms with van der Waals surface area (Å²) in [5, 5.41) is 7.48. The first-order valence-electron chi connectivity index (χ1n) is 16.2. The quantitative estimate of drug-likeness (QED) is 0.117. The maximum absolute atomic E-state index is 14.6. The Balaban J connectivity index is 1.18. The first-order chi connectivity index (χ1) is 24.3. The highest BCUT2D eigenvalue weighted by atomic mass is 32.2. The molecule has 3 saturated heterocycles. The van der Waals surface area contributed by atoms with Crippen LogP contribution in [0.4, 0.5) is 0 Å². The van der Waals surface area contributed by atoms with Crippen LogP contribution in [0, 0.1) is 0 Å². The minimum absolute atomic E-state index is 0.0140. The SMILES string of the molecule is O=C(Cc1ccccc1)N[C@@H]1C(=O)N2C[C@@](C(=O)OC(c3ccccc3)c3ccccc3)(N3CCN(/N=C/c4ccccc4)C(=O)C3=O)S[C@@H]12. The summed E-state index contributed by atoms with van der Waals surface area (Å²) in [6.07, 6.45) is 0.728. The van der Waals surface area contributed by atoms with Crippen molar-refractivity contribution in [3.05, 3.63) is 144 Å². The number of nitrogens with one attached hydrogen (secondary N) is 1. The molecule has 12 heteroatoms. The largest absolute Gasteiger partial charge is 0.450 e. The fraction of sp³-hybridized carbons (Fsp3) is 0.211. The van der Waals surface area contributed by atoms with E-state index in [0.29, 0.717) is 11.1 Å². The highest BCUT2D eigenvalue weighted by Crippen LogP contribution is 2.50. The predicted octanol–water partition coefficient (Wildman–Crippen LogP) is 3.36. The number of carbonyl (C=O) groups excluding carboxylic acids is 5. The summed E-state index contributed by atoms with van der Waals surface area (Å²) in [5.74, 6) is -3.36. The molecule has 0 unspecified atom stereocenters. The van der Waals surface area contributed by atoms with Crippen LogP contribution in [0.15, 0.2) is 126 Å². The van der Waals surface area contributed by atoms with Crippen molar-refractivity contribution >= 4 is 47.6 Å². The highest BCUT2D eigenvalue weighted by molar-refractivity contribution is 8.02. The van der Waals surface area contributed by atoms with Crippen LogP contribution >= 0.6 is 11.8 Å². The van der Waals surface area contributed by atoms with Crippen LogP contribution in [0.5, 0.6) is 0 Å². The van der Waals surface area contributed by atoms with Crippen molar-refractivity contribution < 1.29 is 28.7 Å². The van der Waals surface area contributed by atoms with Crippen LogP contribution in [-0.4, -0.2) is 86.5 Å². The van der Waals surface area contributed by atoms with Gasteiger partial charge in [0.05, 0.1) is 25.7 Å². The first-order valence-corrected chi connectivity index (χ1v) is 17.1. The number of hydrogen-bond acceptors (Lipinski definition) is 8. The number of ether oxygens (including phenoxy) is 1. The molecule has 3 atom stereocenters. The molecule has 11 nitrogen and oxygen atoms in total. The minimum atomic E-state index is -1.77. The zero-order chi connectivity index (χ0) is 34.7. The number of fused-ring (bicyclic) bond motifs is 1. The van der Waals surface area contributed by atoms with E-state index in [2.05, 4.69) is 10.4 Å². The Hall–Kier alpha value is -5.75. The highest BCUT2D eigenvalue weighted by Gasteiger charge is 2.67. The zero-order valence-corrected chi connectivity index (χ0v) is 27.6. The second kappa shape index (κ2) is 14.0. The Morgan fingerprint density at radius 3 is 2.02 bits per heavy atom. The van der Waals surface area contributed by atoms with Gasteiger partial charge in [0.25, 0.3) is 0 Å². The van der Waals surface area contributed by atoms with E-state index in [1.165, 1.54) is 16.0 Å². The Morgan fingerprint density at radius 2 is 1.40 bits per heavy atom. The summed E-state index contributed by atoms with van der Waals surface area (Å²) >= 11 is 1.04. The van der Waals surface area contributed by atoms with Crippen LogP contribution < -0.4 is 5.32 Å². The van der Waals surface area contributed by atoms with E-state index in [4.69, 9.17) is 4.74 Å². The molecule has 0 bridgehead atoms. The number of rotatable bonds is 10. The molecule has 3 aliphatic heterocycles. The first kappa shape index (κ1) is 32.8. The van der Waals surface area contributed by atoms with E-state index >= 15 is 0 Å². The van der Waals surface area contributed by atoms with Gasteiger partial charge < -0.3 is 19.9 Å². The second-order valence-corrected chi connectivity index (χ2v) is 13.5. The number of thioether (sulfide) groups is 1. The third-order valence-electron chi connectivity index (χ3n) is 8.89. The third kappa shape index (κ3) is 6.37. The minimum Gasteiger partial charge on any atom is -0.450 e. The Bertz CT molecular complexity index is 1890. The number of β-lactam (4-membered cyclic amide) rings is 1. The molecule has 1 N–H and O–H groups in total. The molecular weight excluding hydrogens is 655 g/mol. The van der Waals surface area contributed by atoms with Gasteiger partial charge in [0.15, 0.2) is 6.10 Å². The van der Waals surface area contributed by atoms with Crippen LogP contribution in [0.3, 0.4) is 0 Å². The van der Waals surface area contributed by atoms with Crippen LogP contribution in [0.2, 0.25) is 0 Å². The topological polar surface area (TPSA) is 129 Å². The molecule has 252 valence electrons. The summed E-state index contributed by atoms with van der Waals surface area (Å²) in [5.41, 5.74) is 2.95. The Morgan fingerprint density at radius 1 is 0.820 bits per heavy atom. The van der Waals surface area contributed by atoms with Crippen molar-refractivity contribution in [3.63, 3.8) is 0 Å². The van der Waals surface area contributed by atoms with E-state index < -0.39 is 40.2 Å². The lowest BCUT2D eigenvalue weighted by molar-refractivity contribution is -0.169. The Kier molecular flexibility index (Phi) is 9.18. The summed E-state index contributed by atoms with van der Waals surface area (Å²) in [4.78, 5) is 69.4. The third-order valence-corrected chi connectivity index (χ3v) is 10.6. The molecular formula is C38H33N5O6S. The van der Waals surface area contributed by atoms with E-state index in [-0.39, 0.29) is 37.9 Å². The van der Waals surface area contributed by atoms with Crippen molar-refractivity contribution in [2.45, 2.75) is 28.8 Å². The van der Waals surface area contributed by atoms with Gasteiger partial charge in [0.2, 0.25) is 16.7 Å². The van der Waals surface area contributed by atoms with E-state index in [9.17, 15) is 24.0 Å². The average Bonchev–Trinajstić information content (AvgIpc) is 3.52. The fourth-order valence-electron chi connectivity index (χ4n) is 6.34. The number of benzene rings is 4. The maximum Gasteiger partial charge on any atom is 0.345 e. The summed E-state index contributed by atoms with van der Waals surface area (Å²) in [7, 11) is 0. The summed E-state index contributed by atoms with van der Waals surface area (Å²) in [6.45, 7) is -0.242. The van der Waals surface area contributed by atoms with Gasteiger partial charge in [-0.25, -0.2) is 9.80 Å². The number of hydrogen-bond donors (Lipinski definition) is 1. The molecule has 4 amide bonds. The molecule has 0 saturated carbocycles. The monoisotopic (exact) mass is 687 g/mol. The van der Waals surface area contributed by atoms with Crippen molar-refractivity contribution in [1.82, 2.24) is 20.1 Å². The lowest BCUT2D eigenvalue weighted by Crippen LogP contribution is -2.68. The standard InChI is InChI=1S/C38H33N5O6S/c44-30(23-26-13-5-1-6-14-26)40-31-33(45)41-25-38(50-36(31)41,37(48)49-32(28-17-9-3-10-18-28)29-19-11-4-12-20-29)42-21-22-43(35(47)34(42)46)39-24-27-15-7-2-8-16-27/h1-20,24,31-32,36H,21-23,25H2,(H,40,44)/b39-24+/t31-,36+,38-/m1/s1. The predicted molar refractivity (Wildman–Crippen MR) is 186 cm³/mol. The van der Waals surface area contributed by atoms with Crippen molar-refractivity contribution in [1.29, 1.82) is 0 Å².